The molecule has 5 nitrogen and oxygen atoms in total. The van der Waals surface area contributed by atoms with Crippen molar-refractivity contribution >= 4 is 34.4 Å². The molecule has 2 rings (SSSR count). The van der Waals surface area contributed by atoms with Gasteiger partial charge in [0.1, 0.15) is 5.69 Å². The van der Waals surface area contributed by atoms with Crippen LogP contribution in [0.4, 0.5) is 0 Å². The van der Waals surface area contributed by atoms with Crippen LogP contribution in [0.2, 0.25) is 5.02 Å². The number of para-hydroxylation sites is 1. The maximum Gasteiger partial charge on any atom is 0.305 e. The Labute approximate surface area is 133 Å². The summed E-state index contributed by atoms with van der Waals surface area (Å²) in [5.74, 6) is -1.32. The van der Waals surface area contributed by atoms with Gasteiger partial charge in [0, 0.05) is 23.5 Å². The number of nitrogens with zero attached hydrogens (tertiary/aromatic N) is 1. The van der Waals surface area contributed by atoms with E-state index in [1.54, 1.807) is 18.5 Å². The van der Waals surface area contributed by atoms with Crippen molar-refractivity contribution in [2.75, 3.05) is 0 Å². The second-order valence-electron chi connectivity index (χ2n) is 5.68. The highest BCUT2D eigenvalue weighted by Crippen LogP contribution is 2.30. The fourth-order valence-corrected chi connectivity index (χ4v) is 2.90. The summed E-state index contributed by atoms with van der Waals surface area (Å²) in [5.41, 5.74) is 0.380. The molecule has 1 heterocycles. The lowest BCUT2D eigenvalue weighted by atomic mass is 9.94. The molecule has 0 aliphatic carbocycles. The summed E-state index contributed by atoms with van der Waals surface area (Å²) in [5, 5.41) is 13.0. The van der Waals surface area contributed by atoms with Crippen molar-refractivity contribution in [3.05, 3.63) is 35.0 Å². The summed E-state index contributed by atoms with van der Waals surface area (Å²) in [4.78, 5) is 23.6. The number of carbonyl (C=O) groups is 2. The number of rotatable bonds is 5. The standard InChI is InChI=1S/C16H19ClN2O3/c1-4-16(2,9-12(20)21)18-15(22)14-13(17)10-7-5-6-8-11(10)19(14)3/h5-8H,4,9H2,1-3H3,(H,18,22)(H,20,21). The second kappa shape index (κ2) is 6.01. The van der Waals surface area contributed by atoms with Crippen LogP contribution in [-0.2, 0) is 11.8 Å². The van der Waals surface area contributed by atoms with E-state index in [0.29, 0.717) is 17.1 Å². The average Bonchev–Trinajstić information content (AvgIpc) is 2.70. The molecule has 2 aromatic rings. The van der Waals surface area contributed by atoms with Crippen molar-refractivity contribution in [1.82, 2.24) is 9.88 Å². The number of aromatic nitrogens is 1. The van der Waals surface area contributed by atoms with Gasteiger partial charge in [0.25, 0.3) is 5.91 Å². The van der Waals surface area contributed by atoms with Gasteiger partial charge in [-0.2, -0.15) is 0 Å². The smallest absolute Gasteiger partial charge is 0.305 e. The average molecular weight is 323 g/mol. The van der Waals surface area contributed by atoms with Gasteiger partial charge in [-0.3, -0.25) is 9.59 Å². The Balaban J connectivity index is 2.40. The number of carboxylic acids is 1. The first-order valence-electron chi connectivity index (χ1n) is 7.06. The predicted octanol–water partition coefficient (Wildman–Crippen LogP) is 3.20. The summed E-state index contributed by atoms with van der Waals surface area (Å²) < 4.78 is 1.73. The van der Waals surface area contributed by atoms with Crippen LogP contribution in [0.5, 0.6) is 0 Å². The molecule has 0 fully saturated rings. The van der Waals surface area contributed by atoms with E-state index in [9.17, 15) is 9.59 Å². The third kappa shape index (κ3) is 2.95. The van der Waals surface area contributed by atoms with Crippen molar-refractivity contribution in [3.8, 4) is 0 Å². The Morgan fingerprint density at radius 3 is 2.55 bits per heavy atom. The summed E-state index contributed by atoms with van der Waals surface area (Å²) in [6.45, 7) is 3.56. The number of hydrogen-bond acceptors (Lipinski definition) is 2. The summed E-state index contributed by atoms with van der Waals surface area (Å²) >= 11 is 6.34. The number of fused-ring (bicyclic) bond motifs is 1. The SMILES string of the molecule is CCC(C)(CC(=O)O)NC(=O)c1c(Cl)c2ccccc2n1C. The van der Waals surface area contributed by atoms with Crippen LogP contribution < -0.4 is 5.32 Å². The zero-order chi connectivity index (χ0) is 16.5. The van der Waals surface area contributed by atoms with E-state index in [0.717, 1.165) is 10.9 Å². The Hall–Kier alpha value is -2.01. The minimum atomic E-state index is -0.951. The largest absolute Gasteiger partial charge is 0.481 e. The zero-order valence-corrected chi connectivity index (χ0v) is 13.6. The van der Waals surface area contributed by atoms with Crippen LogP contribution in [0, 0.1) is 0 Å². The number of benzene rings is 1. The van der Waals surface area contributed by atoms with Gasteiger partial charge >= 0.3 is 5.97 Å². The number of nitrogens with one attached hydrogen (secondary N) is 1. The van der Waals surface area contributed by atoms with Gasteiger partial charge in [-0.25, -0.2) is 0 Å². The lowest BCUT2D eigenvalue weighted by molar-refractivity contribution is -0.138. The molecule has 0 aliphatic heterocycles. The van der Waals surface area contributed by atoms with E-state index >= 15 is 0 Å². The normalized spacial score (nSPS) is 13.8. The molecule has 0 saturated heterocycles. The quantitative estimate of drug-likeness (QED) is 0.888. The van der Waals surface area contributed by atoms with Gasteiger partial charge in [0.2, 0.25) is 0 Å². The molecule has 1 aromatic heterocycles. The molecule has 1 atom stereocenters. The van der Waals surface area contributed by atoms with Crippen molar-refractivity contribution < 1.29 is 14.7 Å². The minimum Gasteiger partial charge on any atom is -0.481 e. The van der Waals surface area contributed by atoms with E-state index in [-0.39, 0.29) is 12.3 Å². The third-order valence-corrected chi connectivity index (χ3v) is 4.38. The molecule has 22 heavy (non-hydrogen) atoms. The number of carbonyl (C=O) groups excluding carboxylic acids is 1. The van der Waals surface area contributed by atoms with Gasteiger partial charge < -0.3 is 15.0 Å². The maximum atomic E-state index is 12.6. The zero-order valence-electron chi connectivity index (χ0n) is 12.8. The summed E-state index contributed by atoms with van der Waals surface area (Å²) in [7, 11) is 1.77. The monoisotopic (exact) mass is 322 g/mol. The van der Waals surface area contributed by atoms with E-state index in [2.05, 4.69) is 5.32 Å². The van der Waals surface area contributed by atoms with Crippen LogP contribution in [0.15, 0.2) is 24.3 Å². The minimum absolute atomic E-state index is 0.142. The highest BCUT2D eigenvalue weighted by atomic mass is 35.5. The van der Waals surface area contributed by atoms with Crippen LogP contribution in [0.1, 0.15) is 37.2 Å². The number of halogens is 1. The van der Waals surface area contributed by atoms with Crippen LogP contribution in [-0.4, -0.2) is 27.1 Å². The van der Waals surface area contributed by atoms with Crippen LogP contribution >= 0.6 is 11.6 Å². The van der Waals surface area contributed by atoms with E-state index < -0.39 is 11.5 Å². The highest BCUT2D eigenvalue weighted by molar-refractivity contribution is 6.38. The molecule has 0 radical (unpaired) electrons. The number of aryl methyl sites for hydroxylation is 1. The molecule has 1 unspecified atom stereocenters. The van der Waals surface area contributed by atoms with Gasteiger partial charge in [-0.05, 0) is 19.4 Å². The van der Waals surface area contributed by atoms with E-state index in [1.165, 1.54) is 0 Å². The molecule has 0 saturated carbocycles. The first-order chi connectivity index (χ1) is 10.3. The molecule has 2 N–H and O–H groups in total. The molecule has 118 valence electrons. The molecule has 0 bridgehead atoms. The third-order valence-electron chi connectivity index (χ3n) is 4.00. The van der Waals surface area contributed by atoms with Gasteiger partial charge in [0.05, 0.1) is 11.4 Å². The molecule has 0 aliphatic rings. The number of aliphatic carboxylic acids is 1. The summed E-state index contributed by atoms with van der Waals surface area (Å²) in [6, 6.07) is 7.47. The number of amides is 1. The predicted molar refractivity (Wildman–Crippen MR) is 86.3 cm³/mol. The lowest BCUT2D eigenvalue weighted by Crippen LogP contribution is -2.47. The Morgan fingerprint density at radius 2 is 2.00 bits per heavy atom. The van der Waals surface area contributed by atoms with Gasteiger partial charge in [0.15, 0.2) is 0 Å². The first-order valence-corrected chi connectivity index (χ1v) is 7.44. The molecule has 6 heteroatoms. The topological polar surface area (TPSA) is 71.3 Å². The van der Waals surface area contributed by atoms with Crippen molar-refractivity contribution in [3.63, 3.8) is 0 Å². The molecule has 0 spiro atoms. The molecule has 1 aromatic carbocycles. The van der Waals surface area contributed by atoms with E-state index in [1.807, 2.05) is 31.2 Å². The number of hydrogen-bond donors (Lipinski definition) is 2. The fourth-order valence-electron chi connectivity index (χ4n) is 2.52. The fraction of sp³-hybridized carbons (Fsp3) is 0.375. The van der Waals surface area contributed by atoms with Crippen molar-refractivity contribution in [2.24, 2.45) is 7.05 Å². The van der Waals surface area contributed by atoms with Crippen LogP contribution in [0.3, 0.4) is 0 Å². The lowest BCUT2D eigenvalue weighted by Gasteiger charge is -2.28. The Morgan fingerprint density at radius 1 is 1.36 bits per heavy atom. The molecular weight excluding hydrogens is 304 g/mol. The highest BCUT2D eigenvalue weighted by Gasteiger charge is 2.30. The van der Waals surface area contributed by atoms with Crippen molar-refractivity contribution in [1.29, 1.82) is 0 Å². The Kier molecular flexibility index (Phi) is 4.47. The molecule has 1 amide bonds. The van der Waals surface area contributed by atoms with Crippen LogP contribution in [0.25, 0.3) is 10.9 Å². The van der Waals surface area contributed by atoms with Gasteiger partial charge in [-0.1, -0.05) is 36.7 Å². The summed E-state index contributed by atoms with van der Waals surface area (Å²) in [6.07, 6.45) is 0.364. The molecular formula is C16H19ClN2O3. The first kappa shape index (κ1) is 16.4. The Bertz CT molecular complexity index is 699. The number of carboxylic acid groups (broad SMARTS) is 1. The van der Waals surface area contributed by atoms with Gasteiger partial charge in [-0.15, -0.1) is 0 Å². The second-order valence-corrected chi connectivity index (χ2v) is 6.06. The maximum absolute atomic E-state index is 12.6. The van der Waals surface area contributed by atoms with Crippen molar-refractivity contribution in [2.45, 2.75) is 32.2 Å². The van der Waals surface area contributed by atoms with E-state index in [4.69, 9.17) is 16.7 Å².